The quantitative estimate of drug-likeness (QED) is 0.773. The fraction of sp³-hybridized carbons (Fsp3) is 0.333. The number of rotatable bonds is 5. The lowest BCUT2D eigenvalue weighted by Gasteiger charge is -2.24. The van der Waals surface area contributed by atoms with Gasteiger partial charge in [0.15, 0.2) is 0 Å². The van der Waals surface area contributed by atoms with Gasteiger partial charge in [0.25, 0.3) is 5.91 Å². The zero-order valence-corrected chi connectivity index (χ0v) is 15.2. The van der Waals surface area contributed by atoms with Gasteiger partial charge in [-0.05, 0) is 63.4 Å². The van der Waals surface area contributed by atoms with Crippen molar-refractivity contribution in [1.29, 1.82) is 0 Å². The van der Waals surface area contributed by atoms with Crippen molar-refractivity contribution in [3.8, 4) is 0 Å². The minimum Gasteiger partial charge on any atom is -0.374 e. The van der Waals surface area contributed by atoms with Gasteiger partial charge in [-0.1, -0.05) is 6.07 Å². The second-order valence-corrected chi connectivity index (χ2v) is 7.56. The summed E-state index contributed by atoms with van der Waals surface area (Å²) < 4.78 is 0. The lowest BCUT2D eigenvalue weighted by atomic mass is 10.1. The van der Waals surface area contributed by atoms with Crippen molar-refractivity contribution in [3.05, 3.63) is 46.7 Å². The molecule has 2 rings (SSSR count). The second-order valence-electron chi connectivity index (χ2n) is 6.61. The molecular formula is C18H23N3O2S. The summed E-state index contributed by atoms with van der Waals surface area (Å²) in [6, 6.07) is 10.6. The molecule has 0 aliphatic rings. The summed E-state index contributed by atoms with van der Waals surface area (Å²) in [5, 5.41) is 10.8. The monoisotopic (exact) mass is 345 g/mol. The molecule has 6 heteroatoms. The van der Waals surface area contributed by atoms with E-state index in [0.717, 1.165) is 5.69 Å². The molecule has 1 atom stereocenters. The van der Waals surface area contributed by atoms with E-state index in [1.54, 1.807) is 6.07 Å². The molecule has 0 spiro atoms. The van der Waals surface area contributed by atoms with E-state index >= 15 is 0 Å². The smallest absolute Gasteiger partial charge is 0.265 e. The van der Waals surface area contributed by atoms with Gasteiger partial charge in [-0.15, -0.1) is 11.3 Å². The number of benzene rings is 1. The van der Waals surface area contributed by atoms with Crippen LogP contribution in [0.3, 0.4) is 0 Å². The first-order valence-corrected chi connectivity index (χ1v) is 8.66. The van der Waals surface area contributed by atoms with Gasteiger partial charge in [-0.2, -0.15) is 0 Å². The molecule has 2 amide bonds. The molecule has 1 aromatic carbocycles. The van der Waals surface area contributed by atoms with Crippen LogP contribution in [0.4, 0.5) is 11.4 Å². The average molecular weight is 345 g/mol. The van der Waals surface area contributed by atoms with E-state index in [1.165, 1.54) is 11.3 Å². The fourth-order valence-corrected chi connectivity index (χ4v) is 2.66. The highest BCUT2D eigenvalue weighted by Crippen LogP contribution is 2.17. The number of amides is 2. The van der Waals surface area contributed by atoms with Crippen molar-refractivity contribution in [2.75, 3.05) is 10.6 Å². The largest absolute Gasteiger partial charge is 0.374 e. The highest BCUT2D eigenvalue weighted by atomic mass is 32.1. The molecular weight excluding hydrogens is 322 g/mol. The highest BCUT2D eigenvalue weighted by molar-refractivity contribution is 7.12. The molecule has 0 bridgehead atoms. The molecule has 0 fully saturated rings. The third-order valence-electron chi connectivity index (χ3n) is 3.16. The van der Waals surface area contributed by atoms with E-state index in [4.69, 9.17) is 0 Å². The van der Waals surface area contributed by atoms with Crippen LogP contribution >= 0.6 is 11.3 Å². The lowest BCUT2D eigenvalue weighted by molar-refractivity contribution is -0.122. The molecule has 2 aromatic rings. The van der Waals surface area contributed by atoms with E-state index in [1.807, 2.05) is 63.4 Å². The predicted molar refractivity (Wildman–Crippen MR) is 99.7 cm³/mol. The van der Waals surface area contributed by atoms with Crippen LogP contribution < -0.4 is 16.0 Å². The Hall–Kier alpha value is -2.34. The van der Waals surface area contributed by atoms with Gasteiger partial charge in [-0.25, -0.2) is 0 Å². The molecule has 0 aliphatic carbocycles. The fourth-order valence-electron chi connectivity index (χ4n) is 2.04. The van der Waals surface area contributed by atoms with Crippen LogP contribution in [0.25, 0.3) is 0 Å². The van der Waals surface area contributed by atoms with Crippen LogP contribution in [0.2, 0.25) is 0 Å². The third-order valence-corrected chi connectivity index (χ3v) is 4.03. The molecule has 0 aliphatic heterocycles. The van der Waals surface area contributed by atoms with E-state index in [2.05, 4.69) is 16.0 Å². The Morgan fingerprint density at radius 3 is 2.21 bits per heavy atom. The van der Waals surface area contributed by atoms with Crippen molar-refractivity contribution in [3.63, 3.8) is 0 Å². The van der Waals surface area contributed by atoms with Gasteiger partial charge in [0.05, 0.1) is 4.88 Å². The van der Waals surface area contributed by atoms with Gasteiger partial charge < -0.3 is 16.0 Å². The maximum absolute atomic E-state index is 12.1. The number of hydrogen-bond donors (Lipinski definition) is 3. The standard InChI is InChI=1S/C18H23N3O2S/c1-12(16(22)21-18(2,3)4)19-13-7-9-14(10-8-13)20-17(23)15-6-5-11-24-15/h5-12,19H,1-4H3,(H,20,23)(H,21,22). The number of hydrogen-bond acceptors (Lipinski definition) is 4. The Kier molecular flexibility index (Phi) is 5.62. The molecule has 1 unspecified atom stereocenters. The van der Waals surface area contributed by atoms with Crippen LogP contribution in [0.5, 0.6) is 0 Å². The predicted octanol–water partition coefficient (Wildman–Crippen LogP) is 3.72. The summed E-state index contributed by atoms with van der Waals surface area (Å²) in [6.07, 6.45) is 0. The minimum atomic E-state index is -0.351. The number of anilines is 2. The molecule has 0 radical (unpaired) electrons. The summed E-state index contributed by atoms with van der Waals surface area (Å²) >= 11 is 1.40. The van der Waals surface area contributed by atoms with E-state index < -0.39 is 0 Å². The van der Waals surface area contributed by atoms with Gasteiger partial charge in [0.2, 0.25) is 5.91 Å². The molecule has 5 nitrogen and oxygen atoms in total. The number of carbonyl (C=O) groups excluding carboxylic acids is 2. The molecule has 1 aromatic heterocycles. The zero-order chi connectivity index (χ0) is 17.7. The maximum atomic E-state index is 12.1. The first-order chi connectivity index (χ1) is 11.2. The Labute approximate surface area is 146 Å². The van der Waals surface area contributed by atoms with Gasteiger partial charge >= 0.3 is 0 Å². The van der Waals surface area contributed by atoms with Crippen molar-refractivity contribution >= 4 is 34.5 Å². The first-order valence-electron chi connectivity index (χ1n) is 7.78. The summed E-state index contributed by atoms with van der Waals surface area (Å²) in [4.78, 5) is 24.7. The lowest BCUT2D eigenvalue weighted by Crippen LogP contribution is -2.47. The minimum absolute atomic E-state index is 0.0578. The Balaban J connectivity index is 1.92. The Bertz CT molecular complexity index is 688. The van der Waals surface area contributed by atoms with Crippen LogP contribution in [0, 0.1) is 0 Å². The number of carbonyl (C=O) groups is 2. The van der Waals surface area contributed by atoms with Crippen molar-refractivity contribution in [2.45, 2.75) is 39.3 Å². The van der Waals surface area contributed by atoms with Crippen LogP contribution in [0.15, 0.2) is 41.8 Å². The van der Waals surface area contributed by atoms with Crippen LogP contribution in [-0.2, 0) is 4.79 Å². The highest BCUT2D eigenvalue weighted by Gasteiger charge is 2.19. The van der Waals surface area contributed by atoms with E-state index in [-0.39, 0.29) is 23.4 Å². The molecule has 128 valence electrons. The molecule has 0 saturated heterocycles. The van der Waals surface area contributed by atoms with E-state index in [0.29, 0.717) is 10.6 Å². The Morgan fingerprint density at radius 2 is 1.67 bits per heavy atom. The van der Waals surface area contributed by atoms with Gasteiger partial charge in [0, 0.05) is 16.9 Å². The summed E-state index contributed by atoms with van der Waals surface area (Å²) in [6.45, 7) is 7.65. The summed E-state index contributed by atoms with van der Waals surface area (Å²) in [5.41, 5.74) is 1.27. The molecule has 3 N–H and O–H groups in total. The average Bonchev–Trinajstić information content (AvgIpc) is 3.02. The van der Waals surface area contributed by atoms with Crippen molar-refractivity contribution in [1.82, 2.24) is 5.32 Å². The van der Waals surface area contributed by atoms with Gasteiger partial charge in [0.1, 0.15) is 6.04 Å². The normalized spacial score (nSPS) is 12.3. The topological polar surface area (TPSA) is 70.2 Å². The SMILES string of the molecule is CC(Nc1ccc(NC(=O)c2cccs2)cc1)C(=O)NC(C)(C)C. The third kappa shape index (κ3) is 5.38. The second kappa shape index (κ2) is 7.49. The van der Waals surface area contributed by atoms with E-state index in [9.17, 15) is 9.59 Å². The number of thiophene rings is 1. The summed E-state index contributed by atoms with van der Waals surface area (Å²) in [5.74, 6) is -0.179. The molecule has 1 heterocycles. The zero-order valence-electron chi connectivity index (χ0n) is 14.3. The van der Waals surface area contributed by atoms with Gasteiger partial charge in [-0.3, -0.25) is 9.59 Å². The van der Waals surface area contributed by atoms with Crippen molar-refractivity contribution in [2.24, 2.45) is 0 Å². The molecule has 0 saturated carbocycles. The van der Waals surface area contributed by atoms with Crippen LogP contribution in [-0.4, -0.2) is 23.4 Å². The van der Waals surface area contributed by atoms with Crippen LogP contribution in [0.1, 0.15) is 37.4 Å². The number of nitrogens with one attached hydrogen (secondary N) is 3. The summed E-state index contributed by atoms with van der Waals surface area (Å²) in [7, 11) is 0. The first kappa shape index (κ1) is 18.0. The van der Waals surface area contributed by atoms with Crippen molar-refractivity contribution < 1.29 is 9.59 Å². The maximum Gasteiger partial charge on any atom is 0.265 e. The Morgan fingerprint density at radius 1 is 1.04 bits per heavy atom. The molecule has 24 heavy (non-hydrogen) atoms.